The molecule has 1 fully saturated rings. The maximum absolute atomic E-state index is 12.4. The third kappa shape index (κ3) is 4.33. The minimum atomic E-state index is -0.254. The number of thioether (sulfide) groups is 1. The molecule has 1 aromatic heterocycles. The fraction of sp³-hybridized carbons (Fsp3) is 0.250. The van der Waals surface area contributed by atoms with Crippen LogP contribution in [-0.2, 0) is 4.79 Å². The minimum absolute atomic E-state index is 0.0593. The number of ether oxygens (including phenoxy) is 1. The number of methoxy groups -OCH3 is 1. The first-order valence-corrected chi connectivity index (χ1v) is 10.2. The van der Waals surface area contributed by atoms with E-state index in [2.05, 4.69) is 19.8 Å². The predicted octanol–water partition coefficient (Wildman–Crippen LogP) is 3.24. The monoisotopic (exact) mass is 430 g/mol. The first kappa shape index (κ1) is 19.6. The van der Waals surface area contributed by atoms with Crippen molar-refractivity contribution in [2.75, 3.05) is 38.2 Å². The summed E-state index contributed by atoms with van der Waals surface area (Å²) < 4.78 is 5.12. The van der Waals surface area contributed by atoms with Crippen LogP contribution in [0.2, 0.25) is 5.15 Å². The summed E-state index contributed by atoms with van der Waals surface area (Å²) >= 11 is 7.35. The first-order chi connectivity index (χ1) is 14.0. The number of aliphatic imine (C=N–C) groups is 1. The van der Waals surface area contributed by atoms with Crippen molar-refractivity contribution in [2.24, 2.45) is 4.99 Å². The van der Waals surface area contributed by atoms with Gasteiger partial charge in [0.15, 0.2) is 16.7 Å². The minimum Gasteiger partial charge on any atom is -0.504 e. The number of amidine groups is 1. The molecule has 1 aromatic carbocycles. The summed E-state index contributed by atoms with van der Waals surface area (Å²) in [4.78, 5) is 25.8. The fourth-order valence-corrected chi connectivity index (χ4v) is 4.29. The molecule has 1 saturated heterocycles. The van der Waals surface area contributed by atoms with E-state index in [0.717, 1.165) is 37.6 Å². The van der Waals surface area contributed by atoms with Gasteiger partial charge in [-0.05, 0) is 47.7 Å². The Balaban J connectivity index is 1.41. The van der Waals surface area contributed by atoms with Crippen molar-refractivity contribution in [3.05, 3.63) is 52.0 Å². The molecule has 3 heterocycles. The zero-order valence-electron chi connectivity index (χ0n) is 15.7. The van der Waals surface area contributed by atoms with Crippen LogP contribution in [0.1, 0.15) is 5.56 Å². The van der Waals surface area contributed by atoms with Gasteiger partial charge in [-0.2, -0.15) is 4.99 Å². The number of nitrogens with zero attached hydrogens (tertiary/aromatic N) is 4. The molecule has 0 bridgehead atoms. The number of carbonyl (C=O) groups excluding carboxylic acids is 1. The number of hydrogen-bond acceptors (Lipinski definition) is 7. The fourth-order valence-electron chi connectivity index (χ4n) is 3.17. The zero-order chi connectivity index (χ0) is 20.4. The molecule has 1 N–H and O–H groups in total. The van der Waals surface area contributed by atoms with E-state index in [-0.39, 0.29) is 11.7 Å². The summed E-state index contributed by atoms with van der Waals surface area (Å²) in [6, 6.07) is 10.6. The standard InChI is InChI=1S/C20H19ClN4O3S/c1-28-15-11-13(5-6-14(15)26)12-16-19(27)23-20(29-16)25-9-7-24(8-10-25)18-4-2-3-17(21)22-18/h2-6,11-12,26H,7-10H2,1H3. The summed E-state index contributed by atoms with van der Waals surface area (Å²) in [5.41, 5.74) is 0.767. The summed E-state index contributed by atoms with van der Waals surface area (Å²) in [5, 5.41) is 10.9. The van der Waals surface area contributed by atoms with Crippen molar-refractivity contribution in [2.45, 2.75) is 0 Å². The lowest BCUT2D eigenvalue weighted by atomic mass is 10.2. The van der Waals surface area contributed by atoms with Gasteiger partial charge in [0.1, 0.15) is 11.0 Å². The van der Waals surface area contributed by atoms with Crippen LogP contribution in [0.5, 0.6) is 11.5 Å². The molecular weight excluding hydrogens is 412 g/mol. The van der Waals surface area contributed by atoms with E-state index in [9.17, 15) is 9.90 Å². The van der Waals surface area contributed by atoms with E-state index >= 15 is 0 Å². The molecule has 2 aromatic rings. The predicted molar refractivity (Wildman–Crippen MR) is 116 cm³/mol. The number of anilines is 1. The number of rotatable bonds is 3. The summed E-state index contributed by atoms with van der Waals surface area (Å²) in [6.45, 7) is 3.03. The Bertz CT molecular complexity index is 1000. The molecule has 29 heavy (non-hydrogen) atoms. The maximum Gasteiger partial charge on any atom is 0.286 e. The van der Waals surface area contributed by atoms with Crippen molar-refractivity contribution in [3.63, 3.8) is 0 Å². The quantitative estimate of drug-likeness (QED) is 0.591. The molecule has 2 aliphatic heterocycles. The average molecular weight is 431 g/mol. The van der Waals surface area contributed by atoms with Crippen LogP contribution in [0.25, 0.3) is 6.08 Å². The van der Waals surface area contributed by atoms with E-state index in [1.165, 1.54) is 18.9 Å². The molecule has 4 rings (SSSR count). The summed E-state index contributed by atoms with van der Waals surface area (Å²) in [6.07, 6.45) is 1.76. The molecular formula is C20H19ClN4O3S. The molecule has 2 aliphatic rings. The number of benzene rings is 1. The van der Waals surface area contributed by atoms with Gasteiger partial charge in [0.05, 0.1) is 12.0 Å². The first-order valence-electron chi connectivity index (χ1n) is 9.05. The van der Waals surface area contributed by atoms with Crippen LogP contribution < -0.4 is 9.64 Å². The van der Waals surface area contributed by atoms with Gasteiger partial charge >= 0.3 is 0 Å². The second-order valence-corrected chi connectivity index (χ2v) is 7.93. The summed E-state index contributed by atoms with van der Waals surface area (Å²) in [5.74, 6) is 1.03. The number of phenolic OH excluding ortho intramolecular Hbond substituents is 1. The number of hydrogen-bond donors (Lipinski definition) is 1. The number of halogens is 1. The largest absolute Gasteiger partial charge is 0.504 e. The highest BCUT2D eigenvalue weighted by atomic mass is 35.5. The van der Waals surface area contributed by atoms with Gasteiger partial charge in [0.2, 0.25) is 0 Å². The lowest BCUT2D eigenvalue weighted by Gasteiger charge is -2.36. The van der Waals surface area contributed by atoms with Crippen molar-refractivity contribution >= 4 is 46.3 Å². The van der Waals surface area contributed by atoms with E-state index < -0.39 is 0 Å². The molecule has 0 aliphatic carbocycles. The molecule has 1 amide bonds. The molecule has 7 nitrogen and oxygen atoms in total. The van der Waals surface area contributed by atoms with Gasteiger partial charge in [0.25, 0.3) is 5.91 Å². The highest BCUT2D eigenvalue weighted by molar-refractivity contribution is 8.18. The van der Waals surface area contributed by atoms with Gasteiger partial charge < -0.3 is 19.6 Å². The Morgan fingerprint density at radius 3 is 2.66 bits per heavy atom. The molecule has 0 saturated carbocycles. The SMILES string of the molecule is COc1cc(C=C2SC(N3CCN(c4cccc(Cl)n4)CC3)=NC2=O)ccc1O. The second kappa shape index (κ2) is 8.34. The van der Waals surface area contributed by atoms with Crippen molar-refractivity contribution in [1.82, 2.24) is 9.88 Å². The molecule has 9 heteroatoms. The number of phenols is 1. The Labute approximate surface area is 177 Å². The number of aromatic hydroxyl groups is 1. The third-order valence-electron chi connectivity index (χ3n) is 4.69. The van der Waals surface area contributed by atoms with Crippen molar-refractivity contribution in [1.29, 1.82) is 0 Å². The van der Waals surface area contributed by atoms with Crippen LogP contribution >= 0.6 is 23.4 Å². The zero-order valence-corrected chi connectivity index (χ0v) is 17.3. The van der Waals surface area contributed by atoms with Gasteiger partial charge in [0, 0.05) is 26.2 Å². The molecule has 0 unspecified atom stereocenters. The normalized spacial score (nSPS) is 18.3. The van der Waals surface area contributed by atoms with Crippen molar-refractivity contribution < 1.29 is 14.6 Å². The Morgan fingerprint density at radius 2 is 1.93 bits per heavy atom. The lowest BCUT2D eigenvalue weighted by molar-refractivity contribution is -0.113. The Morgan fingerprint density at radius 1 is 1.17 bits per heavy atom. The number of aromatic nitrogens is 1. The smallest absolute Gasteiger partial charge is 0.286 e. The molecule has 0 radical (unpaired) electrons. The average Bonchev–Trinajstić information content (AvgIpc) is 3.10. The highest BCUT2D eigenvalue weighted by Crippen LogP contribution is 2.33. The highest BCUT2D eigenvalue weighted by Gasteiger charge is 2.28. The summed E-state index contributed by atoms with van der Waals surface area (Å²) in [7, 11) is 1.49. The van der Waals surface area contributed by atoms with E-state index in [4.69, 9.17) is 16.3 Å². The second-order valence-electron chi connectivity index (χ2n) is 6.53. The number of amides is 1. The number of pyridine rings is 1. The van der Waals surface area contributed by atoms with Gasteiger partial charge in [-0.15, -0.1) is 0 Å². The lowest BCUT2D eigenvalue weighted by Crippen LogP contribution is -2.48. The van der Waals surface area contributed by atoms with Gasteiger partial charge in [-0.3, -0.25) is 4.79 Å². The van der Waals surface area contributed by atoms with Gasteiger partial charge in [-0.1, -0.05) is 23.7 Å². The Kier molecular flexibility index (Phi) is 5.64. The van der Waals surface area contributed by atoms with E-state index in [0.29, 0.717) is 21.0 Å². The van der Waals surface area contributed by atoms with E-state index in [1.54, 1.807) is 30.3 Å². The molecule has 0 atom stereocenters. The number of piperazine rings is 1. The molecule has 0 spiro atoms. The van der Waals surface area contributed by atoms with Crippen molar-refractivity contribution in [3.8, 4) is 11.5 Å². The van der Waals surface area contributed by atoms with E-state index in [1.807, 2.05) is 12.1 Å². The van der Waals surface area contributed by atoms with Gasteiger partial charge in [-0.25, -0.2) is 4.98 Å². The van der Waals surface area contributed by atoms with Crippen LogP contribution in [-0.4, -0.2) is 59.4 Å². The molecule has 150 valence electrons. The third-order valence-corrected chi connectivity index (χ3v) is 5.94. The van der Waals surface area contributed by atoms with Crippen LogP contribution in [0.15, 0.2) is 46.3 Å². The Hall–Kier alpha value is -2.71. The maximum atomic E-state index is 12.4. The van der Waals surface area contributed by atoms with Crippen LogP contribution in [0.3, 0.4) is 0 Å². The van der Waals surface area contributed by atoms with Crippen LogP contribution in [0.4, 0.5) is 5.82 Å². The topological polar surface area (TPSA) is 78.3 Å². The number of carbonyl (C=O) groups is 1. The van der Waals surface area contributed by atoms with Crippen LogP contribution in [0, 0.1) is 0 Å².